The molecule has 0 amide bonds. The first-order valence-corrected chi connectivity index (χ1v) is 24.9. The normalized spacial score (nSPS) is 15.9. The Morgan fingerprint density at radius 3 is 1.23 bits per heavy atom. The maximum Gasteiger partial charge on any atom is 0.233 e. The average Bonchev–Trinajstić information content (AvgIpc) is 2.15. The van der Waals surface area contributed by atoms with Crippen molar-refractivity contribution in [1.82, 2.24) is 8.68 Å². The lowest BCUT2D eigenvalue weighted by molar-refractivity contribution is 0.678. The van der Waals surface area contributed by atoms with Crippen LogP contribution in [0.1, 0.15) is 0 Å². The molecular weight excluding hydrogens is 423 g/mol. The van der Waals surface area contributed by atoms with Gasteiger partial charge in [-0.1, -0.05) is 78.6 Å². The van der Waals surface area contributed by atoms with Crippen molar-refractivity contribution in [2.75, 3.05) is 0 Å². The van der Waals surface area contributed by atoms with E-state index in [2.05, 4.69) is 103 Å². The van der Waals surface area contributed by atoms with E-state index in [0.29, 0.717) is 0 Å². The summed E-state index contributed by atoms with van der Waals surface area (Å²) in [6.07, 6.45) is 0. The molecule has 0 heterocycles. The van der Waals surface area contributed by atoms with Gasteiger partial charge in [0.1, 0.15) is 16.5 Å². The number of hydrogen-bond acceptors (Lipinski definition) is 2. The highest BCUT2D eigenvalue weighted by Crippen LogP contribution is 2.47. The van der Waals surface area contributed by atoms with Gasteiger partial charge < -0.3 is 9.54 Å². The van der Waals surface area contributed by atoms with Gasteiger partial charge in [-0.25, -0.2) is 4.34 Å². The molecule has 0 fully saturated rings. The molecule has 0 aromatic heterocycles. The predicted molar refractivity (Wildman–Crippen MR) is 119 cm³/mol. The van der Waals surface area contributed by atoms with E-state index < -0.39 is 39.5 Å². The number of rotatable bonds is 7. The monoisotopic (exact) mass is 458 g/mol. The smallest absolute Gasteiger partial charge is 0.233 e. The van der Waals surface area contributed by atoms with Gasteiger partial charge in [0, 0.05) is 0 Å². The second-order valence-electron chi connectivity index (χ2n) is 9.73. The quantitative estimate of drug-likeness (QED) is 0.233. The Morgan fingerprint density at radius 2 is 1.00 bits per heavy atom. The number of nitrogens with zero attached hydrogens (tertiary/aromatic N) is 4. The van der Waals surface area contributed by atoms with Crippen LogP contribution in [0.5, 0.6) is 0 Å². The summed E-state index contributed by atoms with van der Waals surface area (Å²) < 4.78 is 4.94. The lowest BCUT2D eigenvalue weighted by Gasteiger charge is -2.49. The third-order valence-electron chi connectivity index (χ3n) is 2.87. The Hall–Kier alpha value is 1.33. The molecular formula is C12H36BrN4PSi4. The molecule has 22 heavy (non-hydrogen) atoms. The zero-order valence-corrected chi connectivity index (χ0v) is 23.1. The van der Waals surface area contributed by atoms with Gasteiger partial charge in [-0.2, -0.15) is 0 Å². The van der Waals surface area contributed by atoms with E-state index in [-0.39, 0.29) is 0 Å². The molecule has 0 saturated carbocycles. The molecule has 0 aromatic rings. The molecule has 132 valence electrons. The van der Waals surface area contributed by atoms with Crippen molar-refractivity contribution >= 4 is 55.0 Å². The SMILES string of the molecule is C[Si](C)(C)N(/N=[P+](\Br)[N-]N([Si](C)(C)C)[Si](C)(C)C)[Si](C)(C)C. The molecule has 1 unspecified atom stereocenters. The van der Waals surface area contributed by atoms with E-state index in [4.69, 9.17) is 10.1 Å². The molecule has 1 atom stereocenters. The van der Waals surface area contributed by atoms with Crippen LogP contribution in [-0.2, 0) is 0 Å². The highest BCUT2D eigenvalue weighted by Gasteiger charge is 2.37. The van der Waals surface area contributed by atoms with Crippen LogP contribution in [0.2, 0.25) is 78.6 Å². The Morgan fingerprint density at radius 1 is 0.682 bits per heavy atom. The van der Waals surface area contributed by atoms with Gasteiger partial charge in [-0.05, 0) is 4.85 Å². The fourth-order valence-electron chi connectivity index (χ4n) is 2.71. The Labute approximate surface area is 152 Å². The van der Waals surface area contributed by atoms with Crippen molar-refractivity contribution in [1.29, 1.82) is 0 Å². The Balaban J connectivity index is 5.51. The summed E-state index contributed by atoms with van der Waals surface area (Å²) in [5, 5.41) is 5.06. The zero-order chi connectivity index (χ0) is 18.1. The van der Waals surface area contributed by atoms with Gasteiger partial charge in [-0.3, -0.25) is 0 Å². The molecule has 0 radical (unpaired) electrons. The van der Waals surface area contributed by atoms with Crippen molar-refractivity contribution in [2.45, 2.75) is 78.6 Å². The molecule has 4 nitrogen and oxygen atoms in total. The maximum atomic E-state index is 5.06. The molecule has 10 heteroatoms. The second kappa shape index (κ2) is 7.70. The summed E-state index contributed by atoms with van der Waals surface area (Å²) in [5.74, 6) is 0. The van der Waals surface area contributed by atoms with Gasteiger partial charge in [0.15, 0.2) is 0 Å². The van der Waals surface area contributed by atoms with E-state index in [1.165, 1.54) is 0 Å². The second-order valence-corrected chi connectivity index (χ2v) is 32.4. The standard InChI is InChI=1S/C12H36BrN4PSi4/c1-19(2,3)16(20(4,5)6)14-18(13)15-17(21(7,8)9)22(10,11)12/h1-12H3. The van der Waals surface area contributed by atoms with Crippen LogP contribution < -0.4 is 0 Å². The first-order valence-electron chi connectivity index (χ1n) is 7.86. The van der Waals surface area contributed by atoms with Crippen LogP contribution in [0.15, 0.2) is 4.85 Å². The minimum atomic E-state index is -1.47. The van der Waals surface area contributed by atoms with Crippen molar-refractivity contribution < 1.29 is 0 Å². The molecule has 0 aliphatic rings. The topological polar surface area (TPSA) is 32.9 Å². The molecule has 0 rings (SSSR count). The fourth-order valence-corrected chi connectivity index (χ4v) is 26.9. The summed E-state index contributed by atoms with van der Waals surface area (Å²) in [7, 11) is -5.88. The summed E-state index contributed by atoms with van der Waals surface area (Å²) in [5.41, 5.74) is 0. The summed E-state index contributed by atoms with van der Waals surface area (Å²) in [6, 6.07) is 0. The summed E-state index contributed by atoms with van der Waals surface area (Å²) >= 11 is 3.79. The van der Waals surface area contributed by atoms with Crippen LogP contribution in [0.4, 0.5) is 0 Å². The average molecular weight is 460 g/mol. The van der Waals surface area contributed by atoms with Gasteiger partial charge in [-0.15, -0.1) is 0 Å². The van der Waals surface area contributed by atoms with Crippen molar-refractivity contribution in [3.05, 3.63) is 5.20 Å². The van der Waals surface area contributed by atoms with Crippen LogP contribution in [0.3, 0.4) is 0 Å². The Bertz CT molecular complexity index is 379. The summed E-state index contributed by atoms with van der Waals surface area (Å²) in [6.45, 7) is 27.6. The van der Waals surface area contributed by atoms with Crippen LogP contribution >= 0.6 is 22.1 Å². The van der Waals surface area contributed by atoms with Gasteiger partial charge >= 0.3 is 0 Å². The molecule has 0 bridgehead atoms. The van der Waals surface area contributed by atoms with Gasteiger partial charge in [0.25, 0.3) is 0 Å². The molecule has 0 saturated heterocycles. The predicted octanol–water partition coefficient (Wildman–Crippen LogP) is 7.02. The molecule has 0 aromatic carbocycles. The van der Waals surface area contributed by atoms with Crippen LogP contribution in [-0.4, -0.2) is 41.6 Å². The minimum absolute atomic E-state index is 0.863. The molecule has 0 aliphatic heterocycles. The van der Waals surface area contributed by atoms with E-state index in [0.717, 1.165) is 0 Å². The number of halogens is 1. The third kappa shape index (κ3) is 7.93. The first-order chi connectivity index (χ1) is 9.37. The minimum Gasteiger partial charge on any atom is -0.415 e. The molecule has 0 aliphatic carbocycles. The van der Waals surface area contributed by atoms with E-state index in [9.17, 15) is 0 Å². The molecule has 0 spiro atoms. The summed E-state index contributed by atoms with van der Waals surface area (Å²) in [4.78, 5) is 5.06. The lowest BCUT2D eigenvalue weighted by atomic mass is 11.8. The highest BCUT2D eigenvalue weighted by atomic mass is 79.9. The van der Waals surface area contributed by atoms with E-state index in [1.807, 2.05) is 0 Å². The molecule has 0 N–H and O–H groups in total. The van der Waals surface area contributed by atoms with E-state index in [1.54, 1.807) is 0 Å². The van der Waals surface area contributed by atoms with Crippen LogP contribution in [0, 0.1) is 0 Å². The maximum absolute atomic E-state index is 5.06. The number of hydrogen-bond donors (Lipinski definition) is 0. The van der Waals surface area contributed by atoms with Crippen molar-refractivity contribution in [3.8, 4) is 0 Å². The first kappa shape index (κ1) is 23.3. The third-order valence-corrected chi connectivity index (χ3v) is 18.6. The van der Waals surface area contributed by atoms with Crippen molar-refractivity contribution in [3.63, 3.8) is 0 Å². The van der Waals surface area contributed by atoms with Gasteiger partial charge in [0.05, 0.1) is 16.5 Å². The largest absolute Gasteiger partial charge is 0.415 e. The highest BCUT2D eigenvalue weighted by molar-refractivity contribution is 9.38. The van der Waals surface area contributed by atoms with E-state index >= 15 is 0 Å². The van der Waals surface area contributed by atoms with Crippen LogP contribution in [0.25, 0.3) is 5.20 Å². The Kier molecular flexibility index (Phi) is 8.16. The fraction of sp³-hybridized carbons (Fsp3) is 1.00. The zero-order valence-electron chi connectivity index (χ0n) is 16.6. The lowest BCUT2D eigenvalue weighted by Crippen LogP contribution is -2.56. The van der Waals surface area contributed by atoms with Crippen molar-refractivity contribution in [2.24, 2.45) is 4.85 Å². The van der Waals surface area contributed by atoms with Gasteiger partial charge in [0.2, 0.25) is 22.1 Å².